The summed E-state index contributed by atoms with van der Waals surface area (Å²) in [4.78, 5) is 12.7. The van der Waals surface area contributed by atoms with Gasteiger partial charge in [0.25, 0.3) is 5.91 Å². The zero-order valence-electron chi connectivity index (χ0n) is 9.18. The van der Waals surface area contributed by atoms with Crippen molar-refractivity contribution in [3.63, 3.8) is 0 Å². The lowest BCUT2D eigenvalue weighted by atomic mass is 10.2. The summed E-state index contributed by atoms with van der Waals surface area (Å²) in [5, 5.41) is 0.294. The number of carbonyl (C=O) groups excluding carboxylic acids is 1. The minimum atomic E-state index is -4.40. The Morgan fingerprint density at radius 1 is 1.33 bits per heavy atom. The molecule has 18 heavy (non-hydrogen) atoms. The third kappa shape index (κ3) is 4.97. The SMILES string of the molecule is O=C(c1cccc(Br)c1)N(CCBr)CC(F)(F)F. The van der Waals surface area contributed by atoms with Crippen molar-refractivity contribution in [3.8, 4) is 0 Å². The van der Waals surface area contributed by atoms with E-state index in [2.05, 4.69) is 31.9 Å². The van der Waals surface area contributed by atoms with E-state index >= 15 is 0 Å². The number of carbonyl (C=O) groups is 1. The lowest BCUT2D eigenvalue weighted by Crippen LogP contribution is -2.40. The van der Waals surface area contributed by atoms with Crippen LogP contribution >= 0.6 is 31.9 Å². The molecule has 2 nitrogen and oxygen atoms in total. The molecule has 0 fully saturated rings. The number of hydrogen-bond donors (Lipinski definition) is 0. The Hall–Kier alpha value is -0.560. The zero-order chi connectivity index (χ0) is 13.8. The van der Waals surface area contributed by atoms with Gasteiger partial charge in [-0.05, 0) is 18.2 Å². The van der Waals surface area contributed by atoms with Crippen LogP contribution in [-0.4, -0.2) is 35.4 Å². The van der Waals surface area contributed by atoms with Crippen LogP contribution in [0.1, 0.15) is 10.4 Å². The minimum absolute atomic E-state index is 0.00482. The summed E-state index contributed by atoms with van der Waals surface area (Å²) in [5.41, 5.74) is 0.231. The number of amides is 1. The fourth-order valence-corrected chi connectivity index (χ4v) is 2.20. The van der Waals surface area contributed by atoms with Crippen molar-refractivity contribution in [2.75, 3.05) is 18.4 Å². The van der Waals surface area contributed by atoms with Crippen molar-refractivity contribution in [1.29, 1.82) is 0 Å². The Bertz CT molecular complexity index is 423. The summed E-state index contributed by atoms with van der Waals surface area (Å²) in [5.74, 6) is -0.631. The lowest BCUT2D eigenvalue weighted by molar-refractivity contribution is -0.140. The quantitative estimate of drug-likeness (QED) is 0.717. The molecule has 0 spiro atoms. The van der Waals surface area contributed by atoms with Crippen molar-refractivity contribution < 1.29 is 18.0 Å². The second kappa shape index (κ2) is 6.56. The lowest BCUT2D eigenvalue weighted by Gasteiger charge is -2.23. The number of rotatable bonds is 4. The van der Waals surface area contributed by atoms with Crippen LogP contribution in [0.5, 0.6) is 0 Å². The third-order valence-electron chi connectivity index (χ3n) is 2.08. The second-order valence-corrected chi connectivity index (χ2v) is 5.25. The Morgan fingerprint density at radius 2 is 2.00 bits per heavy atom. The van der Waals surface area contributed by atoms with Gasteiger partial charge in [-0.2, -0.15) is 13.2 Å². The summed E-state index contributed by atoms with van der Waals surface area (Å²) in [6.07, 6.45) is -4.40. The number of alkyl halides is 4. The van der Waals surface area contributed by atoms with Gasteiger partial charge in [-0.3, -0.25) is 4.79 Å². The van der Waals surface area contributed by atoms with Gasteiger partial charge in [-0.15, -0.1) is 0 Å². The van der Waals surface area contributed by atoms with Crippen LogP contribution in [0.25, 0.3) is 0 Å². The highest BCUT2D eigenvalue weighted by Crippen LogP contribution is 2.19. The molecule has 0 unspecified atom stereocenters. The molecular formula is C11H10Br2F3NO. The Balaban J connectivity index is 2.89. The maximum Gasteiger partial charge on any atom is 0.406 e. The van der Waals surface area contributed by atoms with Crippen LogP contribution in [0, 0.1) is 0 Å². The number of benzene rings is 1. The molecule has 0 radical (unpaired) electrons. The first-order valence-electron chi connectivity index (χ1n) is 5.01. The van der Waals surface area contributed by atoms with E-state index in [4.69, 9.17) is 0 Å². The molecule has 1 aromatic rings. The normalized spacial score (nSPS) is 11.4. The molecule has 1 amide bonds. The number of nitrogens with zero attached hydrogens (tertiary/aromatic N) is 1. The molecule has 0 N–H and O–H groups in total. The Labute approximate surface area is 119 Å². The van der Waals surface area contributed by atoms with Crippen LogP contribution in [0.4, 0.5) is 13.2 Å². The summed E-state index contributed by atoms with van der Waals surface area (Å²) in [7, 11) is 0. The number of hydrogen-bond acceptors (Lipinski definition) is 1. The fourth-order valence-electron chi connectivity index (χ4n) is 1.37. The van der Waals surface area contributed by atoms with Crippen molar-refractivity contribution in [2.45, 2.75) is 6.18 Å². The van der Waals surface area contributed by atoms with E-state index < -0.39 is 18.6 Å². The van der Waals surface area contributed by atoms with Gasteiger partial charge in [0.15, 0.2) is 0 Å². The molecule has 0 aliphatic heterocycles. The van der Waals surface area contributed by atoms with Crippen molar-refractivity contribution in [1.82, 2.24) is 4.90 Å². The predicted octanol–water partition coefficient (Wildman–Crippen LogP) is 3.85. The van der Waals surface area contributed by atoms with Crippen molar-refractivity contribution in [2.24, 2.45) is 0 Å². The summed E-state index contributed by atoms with van der Waals surface area (Å²) >= 11 is 6.22. The first kappa shape index (κ1) is 15.5. The molecule has 1 aromatic carbocycles. The topological polar surface area (TPSA) is 20.3 Å². The van der Waals surface area contributed by atoms with E-state index in [9.17, 15) is 18.0 Å². The smallest absolute Gasteiger partial charge is 0.329 e. The van der Waals surface area contributed by atoms with Gasteiger partial charge in [-0.25, -0.2) is 0 Å². The maximum atomic E-state index is 12.4. The van der Waals surface area contributed by atoms with Crippen molar-refractivity contribution >= 4 is 37.8 Å². The highest BCUT2D eigenvalue weighted by Gasteiger charge is 2.33. The number of halogens is 5. The molecule has 0 saturated carbocycles. The first-order chi connectivity index (χ1) is 8.33. The van der Waals surface area contributed by atoms with Gasteiger partial charge < -0.3 is 4.90 Å². The molecular weight excluding hydrogens is 379 g/mol. The molecule has 0 aromatic heterocycles. The maximum absolute atomic E-state index is 12.4. The summed E-state index contributed by atoms with van der Waals surface area (Å²) in [6.45, 7) is -1.24. The molecule has 7 heteroatoms. The Morgan fingerprint density at radius 3 is 2.50 bits per heavy atom. The van der Waals surface area contributed by atoms with E-state index in [1.807, 2.05) is 0 Å². The van der Waals surface area contributed by atoms with Crippen LogP contribution in [0.3, 0.4) is 0 Å². The summed E-state index contributed by atoms with van der Waals surface area (Å²) in [6, 6.07) is 6.30. The monoisotopic (exact) mass is 387 g/mol. The van der Waals surface area contributed by atoms with E-state index in [-0.39, 0.29) is 12.1 Å². The average Bonchev–Trinajstić information content (AvgIpc) is 2.26. The van der Waals surface area contributed by atoms with Gasteiger partial charge in [-0.1, -0.05) is 37.9 Å². The molecule has 0 heterocycles. The molecule has 0 aliphatic carbocycles. The average molecular weight is 389 g/mol. The van der Waals surface area contributed by atoms with E-state index in [1.54, 1.807) is 12.1 Å². The van der Waals surface area contributed by atoms with E-state index in [0.717, 1.165) is 4.90 Å². The highest BCUT2D eigenvalue weighted by atomic mass is 79.9. The van der Waals surface area contributed by atoms with Gasteiger partial charge in [0.05, 0.1) is 0 Å². The fraction of sp³-hybridized carbons (Fsp3) is 0.364. The van der Waals surface area contributed by atoms with Gasteiger partial charge in [0.1, 0.15) is 6.54 Å². The van der Waals surface area contributed by atoms with Gasteiger partial charge >= 0.3 is 6.18 Å². The van der Waals surface area contributed by atoms with Crippen LogP contribution in [-0.2, 0) is 0 Å². The zero-order valence-corrected chi connectivity index (χ0v) is 12.3. The highest BCUT2D eigenvalue weighted by molar-refractivity contribution is 9.10. The van der Waals surface area contributed by atoms with E-state index in [0.29, 0.717) is 9.80 Å². The minimum Gasteiger partial charge on any atom is -0.329 e. The molecule has 0 saturated heterocycles. The molecule has 1 rings (SSSR count). The van der Waals surface area contributed by atoms with Crippen molar-refractivity contribution in [3.05, 3.63) is 34.3 Å². The first-order valence-corrected chi connectivity index (χ1v) is 6.92. The molecule has 100 valence electrons. The van der Waals surface area contributed by atoms with Crippen LogP contribution < -0.4 is 0 Å². The third-order valence-corrected chi connectivity index (χ3v) is 2.93. The summed E-state index contributed by atoms with van der Waals surface area (Å²) < 4.78 is 37.7. The Kier molecular flexibility index (Phi) is 5.65. The predicted molar refractivity (Wildman–Crippen MR) is 69.9 cm³/mol. The largest absolute Gasteiger partial charge is 0.406 e. The molecule has 0 atom stereocenters. The van der Waals surface area contributed by atoms with Crippen LogP contribution in [0.15, 0.2) is 28.7 Å². The standard InChI is InChI=1S/C11H10Br2F3NO/c12-4-5-17(7-11(14,15)16)10(18)8-2-1-3-9(13)6-8/h1-3,6H,4-5,7H2. The van der Waals surface area contributed by atoms with Crippen LogP contribution in [0.2, 0.25) is 0 Å². The second-order valence-electron chi connectivity index (χ2n) is 3.54. The molecule has 0 aliphatic rings. The van der Waals surface area contributed by atoms with Gasteiger partial charge in [0.2, 0.25) is 0 Å². The van der Waals surface area contributed by atoms with E-state index in [1.165, 1.54) is 12.1 Å². The molecule has 0 bridgehead atoms. The van der Waals surface area contributed by atoms with Gasteiger partial charge in [0, 0.05) is 21.9 Å².